The van der Waals surface area contributed by atoms with Crippen molar-refractivity contribution in [3.05, 3.63) is 35.6 Å². The fourth-order valence-corrected chi connectivity index (χ4v) is 3.03. The van der Waals surface area contributed by atoms with Crippen molar-refractivity contribution >= 4 is 5.91 Å². The summed E-state index contributed by atoms with van der Waals surface area (Å²) in [4.78, 5) is 14.5. The Morgan fingerprint density at radius 3 is 2.55 bits per heavy atom. The predicted octanol–water partition coefficient (Wildman–Crippen LogP) is 2.46. The Kier molecular flexibility index (Phi) is 6.34. The first-order valence-corrected chi connectivity index (χ1v) is 7.91. The number of carbonyl (C=O) groups excluding carboxylic acids is 1. The molecule has 0 bridgehead atoms. The highest BCUT2D eigenvalue weighted by Gasteiger charge is 2.28. The standard InChI is InChI=1S/C17H25FN2O2/c1-22-12-16(19)17(21)20(15-5-3-2-4-6-15)11-13-7-9-14(18)10-8-13/h7-10,15-16H,2-6,11-12,19H2,1H3. The van der Waals surface area contributed by atoms with E-state index in [9.17, 15) is 9.18 Å². The summed E-state index contributed by atoms with van der Waals surface area (Å²) < 4.78 is 18.1. The smallest absolute Gasteiger partial charge is 0.242 e. The number of hydrogen-bond acceptors (Lipinski definition) is 3. The van der Waals surface area contributed by atoms with Crippen molar-refractivity contribution < 1.29 is 13.9 Å². The number of nitrogens with zero attached hydrogens (tertiary/aromatic N) is 1. The van der Waals surface area contributed by atoms with Crippen LogP contribution in [0.3, 0.4) is 0 Å². The number of rotatable bonds is 6. The summed E-state index contributed by atoms with van der Waals surface area (Å²) in [6.07, 6.45) is 5.51. The van der Waals surface area contributed by atoms with Crippen molar-refractivity contribution in [1.29, 1.82) is 0 Å². The molecule has 1 aromatic rings. The third-order valence-corrected chi connectivity index (χ3v) is 4.23. The molecule has 0 radical (unpaired) electrons. The molecule has 1 aliphatic rings. The van der Waals surface area contributed by atoms with Crippen molar-refractivity contribution in [2.45, 2.75) is 50.7 Å². The highest BCUT2D eigenvalue weighted by atomic mass is 19.1. The van der Waals surface area contributed by atoms with E-state index in [0.717, 1.165) is 31.2 Å². The molecule has 1 amide bonds. The van der Waals surface area contributed by atoms with Gasteiger partial charge in [-0.05, 0) is 30.5 Å². The van der Waals surface area contributed by atoms with Gasteiger partial charge in [-0.3, -0.25) is 4.79 Å². The van der Waals surface area contributed by atoms with Crippen molar-refractivity contribution in [2.75, 3.05) is 13.7 Å². The Balaban J connectivity index is 2.12. The van der Waals surface area contributed by atoms with E-state index >= 15 is 0 Å². The van der Waals surface area contributed by atoms with Gasteiger partial charge in [0.25, 0.3) is 0 Å². The first kappa shape index (κ1) is 16.9. The molecule has 2 rings (SSSR count). The van der Waals surface area contributed by atoms with Crippen LogP contribution in [0.1, 0.15) is 37.7 Å². The summed E-state index contributed by atoms with van der Waals surface area (Å²) in [5.41, 5.74) is 6.86. The second kappa shape index (κ2) is 8.25. The van der Waals surface area contributed by atoms with Gasteiger partial charge in [-0.1, -0.05) is 31.4 Å². The number of nitrogens with two attached hydrogens (primary N) is 1. The van der Waals surface area contributed by atoms with Crippen LogP contribution in [-0.4, -0.2) is 36.6 Å². The molecule has 1 aliphatic carbocycles. The molecular formula is C17H25FN2O2. The maximum absolute atomic E-state index is 13.0. The average Bonchev–Trinajstić information content (AvgIpc) is 2.55. The first-order chi connectivity index (χ1) is 10.6. The molecule has 0 spiro atoms. The lowest BCUT2D eigenvalue weighted by Gasteiger charge is -2.36. The maximum Gasteiger partial charge on any atom is 0.242 e. The third kappa shape index (κ3) is 4.52. The van der Waals surface area contributed by atoms with Crippen LogP contribution < -0.4 is 5.73 Å². The molecule has 0 aliphatic heterocycles. The summed E-state index contributed by atoms with van der Waals surface area (Å²) in [7, 11) is 1.54. The number of methoxy groups -OCH3 is 1. The van der Waals surface area contributed by atoms with Crippen LogP contribution in [-0.2, 0) is 16.1 Å². The van der Waals surface area contributed by atoms with E-state index in [2.05, 4.69) is 0 Å². The Labute approximate surface area is 131 Å². The molecule has 122 valence electrons. The first-order valence-electron chi connectivity index (χ1n) is 7.91. The molecule has 1 aromatic carbocycles. The van der Waals surface area contributed by atoms with Crippen LogP contribution in [0.4, 0.5) is 4.39 Å². The normalized spacial score (nSPS) is 17.2. The Bertz CT molecular complexity index is 472. The topological polar surface area (TPSA) is 55.6 Å². The molecule has 1 fully saturated rings. The molecule has 1 atom stereocenters. The zero-order chi connectivity index (χ0) is 15.9. The third-order valence-electron chi connectivity index (χ3n) is 4.23. The highest BCUT2D eigenvalue weighted by molar-refractivity contribution is 5.82. The van der Waals surface area contributed by atoms with Gasteiger partial charge in [0.05, 0.1) is 6.61 Å². The fourth-order valence-electron chi connectivity index (χ4n) is 3.03. The van der Waals surface area contributed by atoms with Gasteiger partial charge in [0.2, 0.25) is 5.91 Å². The lowest BCUT2D eigenvalue weighted by atomic mass is 9.93. The second-order valence-electron chi connectivity index (χ2n) is 5.95. The van der Waals surface area contributed by atoms with Crippen LogP contribution in [0.2, 0.25) is 0 Å². The van der Waals surface area contributed by atoms with E-state index in [-0.39, 0.29) is 24.4 Å². The average molecular weight is 308 g/mol. The number of benzene rings is 1. The lowest BCUT2D eigenvalue weighted by Crippen LogP contribution is -2.50. The van der Waals surface area contributed by atoms with E-state index in [1.807, 2.05) is 4.90 Å². The van der Waals surface area contributed by atoms with Gasteiger partial charge < -0.3 is 15.4 Å². The fraction of sp³-hybridized carbons (Fsp3) is 0.588. The van der Waals surface area contributed by atoms with E-state index in [1.54, 1.807) is 12.1 Å². The summed E-state index contributed by atoms with van der Waals surface area (Å²) in [6.45, 7) is 0.687. The minimum absolute atomic E-state index is 0.0851. The Hall–Kier alpha value is -1.46. The number of ether oxygens (including phenoxy) is 1. The second-order valence-corrected chi connectivity index (χ2v) is 5.95. The van der Waals surface area contributed by atoms with Crippen LogP contribution in [0.15, 0.2) is 24.3 Å². The molecule has 5 heteroatoms. The summed E-state index contributed by atoms with van der Waals surface area (Å²) in [5, 5.41) is 0. The van der Waals surface area contributed by atoms with Crippen LogP contribution in [0, 0.1) is 5.82 Å². The number of halogens is 1. The minimum Gasteiger partial charge on any atom is -0.383 e. The number of amides is 1. The quantitative estimate of drug-likeness (QED) is 0.878. The van der Waals surface area contributed by atoms with Crippen LogP contribution >= 0.6 is 0 Å². The molecule has 0 aromatic heterocycles. The van der Waals surface area contributed by atoms with Gasteiger partial charge in [0.1, 0.15) is 11.9 Å². The molecule has 0 saturated heterocycles. The van der Waals surface area contributed by atoms with Crippen molar-refractivity contribution in [2.24, 2.45) is 5.73 Å². The van der Waals surface area contributed by atoms with E-state index in [4.69, 9.17) is 10.5 Å². The van der Waals surface area contributed by atoms with Gasteiger partial charge in [0, 0.05) is 19.7 Å². The number of hydrogen-bond donors (Lipinski definition) is 1. The molecule has 1 unspecified atom stereocenters. The van der Waals surface area contributed by atoms with Gasteiger partial charge in [-0.15, -0.1) is 0 Å². The summed E-state index contributed by atoms with van der Waals surface area (Å²) >= 11 is 0. The van der Waals surface area contributed by atoms with E-state index < -0.39 is 6.04 Å². The van der Waals surface area contributed by atoms with Crippen molar-refractivity contribution in [3.63, 3.8) is 0 Å². The molecular weight excluding hydrogens is 283 g/mol. The molecule has 2 N–H and O–H groups in total. The van der Waals surface area contributed by atoms with Crippen LogP contribution in [0.5, 0.6) is 0 Å². The monoisotopic (exact) mass is 308 g/mol. The zero-order valence-electron chi connectivity index (χ0n) is 13.1. The van der Waals surface area contributed by atoms with Crippen LogP contribution in [0.25, 0.3) is 0 Å². The largest absolute Gasteiger partial charge is 0.383 e. The zero-order valence-corrected chi connectivity index (χ0v) is 13.1. The molecule has 0 heterocycles. The predicted molar refractivity (Wildman–Crippen MR) is 83.7 cm³/mol. The minimum atomic E-state index is -0.646. The van der Waals surface area contributed by atoms with Gasteiger partial charge in [-0.2, -0.15) is 0 Å². The summed E-state index contributed by atoms with van der Waals surface area (Å²) in [5.74, 6) is -0.353. The molecule has 4 nitrogen and oxygen atoms in total. The van der Waals surface area contributed by atoms with Crippen molar-refractivity contribution in [3.8, 4) is 0 Å². The number of carbonyl (C=O) groups is 1. The van der Waals surface area contributed by atoms with Gasteiger partial charge >= 0.3 is 0 Å². The molecule has 22 heavy (non-hydrogen) atoms. The van der Waals surface area contributed by atoms with Crippen molar-refractivity contribution in [1.82, 2.24) is 4.90 Å². The van der Waals surface area contributed by atoms with Gasteiger partial charge in [-0.25, -0.2) is 4.39 Å². The maximum atomic E-state index is 13.0. The Morgan fingerprint density at radius 2 is 1.95 bits per heavy atom. The summed E-state index contributed by atoms with van der Waals surface area (Å²) in [6, 6.07) is 5.87. The Morgan fingerprint density at radius 1 is 1.32 bits per heavy atom. The highest BCUT2D eigenvalue weighted by Crippen LogP contribution is 2.24. The van der Waals surface area contributed by atoms with E-state index in [1.165, 1.54) is 25.7 Å². The van der Waals surface area contributed by atoms with E-state index in [0.29, 0.717) is 6.54 Å². The SMILES string of the molecule is COCC(N)C(=O)N(Cc1ccc(F)cc1)C1CCCCC1. The molecule has 1 saturated carbocycles. The lowest BCUT2D eigenvalue weighted by molar-refractivity contribution is -0.137. The van der Waals surface area contributed by atoms with Gasteiger partial charge in [0.15, 0.2) is 0 Å².